The summed E-state index contributed by atoms with van der Waals surface area (Å²) in [6.07, 6.45) is 2.87. The number of thiazole rings is 1. The van der Waals surface area contributed by atoms with Crippen LogP contribution in [0.2, 0.25) is 0 Å². The van der Waals surface area contributed by atoms with Crippen molar-refractivity contribution < 1.29 is 4.74 Å². The van der Waals surface area contributed by atoms with E-state index in [1.54, 1.807) is 11.3 Å². The third-order valence-corrected chi connectivity index (χ3v) is 3.65. The number of nitrogens with zero attached hydrogens (tertiary/aromatic N) is 1. The normalized spacial score (nSPS) is 12.4. The number of aryl methyl sites for hydroxylation is 1. The first-order valence-corrected chi connectivity index (χ1v) is 6.93. The van der Waals surface area contributed by atoms with Crippen LogP contribution in [0.15, 0.2) is 30.5 Å². The average Bonchev–Trinajstić information content (AvgIpc) is 2.83. The van der Waals surface area contributed by atoms with Gasteiger partial charge in [-0.05, 0) is 31.0 Å². The van der Waals surface area contributed by atoms with Crippen LogP contribution >= 0.6 is 11.3 Å². The Kier molecular flexibility index (Phi) is 4.33. The molecule has 0 saturated heterocycles. The van der Waals surface area contributed by atoms with Crippen LogP contribution in [0.1, 0.15) is 34.8 Å². The van der Waals surface area contributed by atoms with Crippen LogP contribution in [0.5, 0.6) is 5.75 Å². The molecule has 1 heterocycles. The number of hydrogen-bond acceptors (Lipinski definition) is 4. The molecule has 1 unspecified atom stereocenters. The second-order valence-corrected chi connectivity index (χ2v) is 5.44. The first kappa shape index (κ1) is 13.1. The summed E-state index contributed by atoms with van der Waals surface area (Å²) in [6.45, 7) is 4.83. The Bertz CT molecular complexity index is 493. The molecule has 18 heavy (non-hydrogen) atoms. The maximum atomic E-state index is 6.21. The molecule has 1 atom stereocenters. The molecule has 4 heteroatoms. The van der Waals surface area contributed by atoms with Gasteiger partial charge in [0.15, 0.2) is 0 Å². The summed E-state index contributed by atoms with van der Waals surface area (Å²) < 4.78 is 5.55. The van der Waals surface area contributed by atoms with Gasteiger partial charge < -0.3 is 10.5 Å². The number of aromatic nitrogens is 1. The Morgan fingerprint density at radius 1 is 1.33 bits per heavy atom. The van der Waals surface area contributed by atoms with E-state index in [1.807, 2.05) is 37.4 Å². The molecular formula is C14H18N2OS. The molecule has 2 rings (SSSR count). The highest BCUT2D eigenvalue weighted by Crippen LogP contribution is 2.25. The molecule has 0 fully saturated rings. The summed E-state index contributed by atoms with van der Waals surface area (Å²) in [7, 11) is 0. The van der Waals surface area contributed by atoms with Crippen molar-refractivity contribution in [3.05, 3.63) is 45.9 Å². The molecule has 1 aromatic heterocycles. The predicted octanol–water partition coefficient (Wildman–Crippen LogP) is 3.29. The van der Waals surface area contributed by atoms with Gasteiger partial charge in [-0.15, -0.1) is 11.3 Å². The summed E-state index contributed by atoms with van der Waals surface area (Å²) in [4.78, 5) is 5.33. The van der Waals surface area contributed by atoms with Gasteiger partial charge in [0.05, 0.1) is 17.7 Å². The fourth-order valence-corrected chi connectivity index (χ4v) is 2.49. The lowest BCUT2D eigenvalue weighted by molar-refractivity contribution is 0.317. The standard InChI is InChI=1S/C14H18N2OS/c1-3-8-17-12-6-4-11(5-7-12)14(15)13-9-16-10(2)18-13/h4-7,9,14H,3,8,15H2,1-2H3. The first-order valence-electron chi connectivity index (χ1n) is 6.11. The van der Waals surface area contributed by atoms with E-state index in [0.29, 0.717) is 0 Å². The Hall–Kier alpha value is -1.39. The molecule has 0 radical (unpaired) electrons. The Balaban J connectivity index is 2.09. The minimum atomic E-state index is -0.101. The predicted molar refractivity (Wildman–Crippen MR) is 75.1 cm³/mol. The molecule has 0 saturated carbocycles. The van der Waals surface area contributed by atoms with Crippen molar-refractivity contribution in [1.29, 1.82) is 0 Å². The lowest BCUT2D eigenvalue weighted by Gasteiger charge is -2.10. The molecule has 0 bridgehead atoms. The molecule has 0 aliphatic carbocycles. The van der Waals surface area contributed by atoms with Gasteiger partial charge in [0, 0.05) is 11.1 Å². The Morgan fingerprint density at radius 3 is 2.61 bits per heavy atom. The summed E-state index contributed by atoms with van der Waals surface area (Å²) in [5.74, 6) is 0.897. The van der Waals surface area contributed by atoms with Gasteiger partial charge in [0.2, 0.25) is 0 Å². The van der Waals surface area contributed by atoms with Crippen LogP contribution in [-0.2, 0) is 0 Å². The first-order chi connectivity index (χ1) is 8.70. The molecule has 2 aromatic rings. The van der Waals surface area contributed by atoms with Crippen LogP contribution in [0, 0.1) is 6.92 Å². The molecule has 96 valence electrons. The van der Waals surface area contributed by atoms with Crippen molar-refractivity contribution in [3.63, 3.8) is 0 Å². The van der Waals surface area contributed by atoms with Crippen LogP contribution in [-0.4, -0.2) is 11.6 Å². The number of hydrogen-bond donors (Lipinski definition) is 1. The molecule has 2 N–H and O–H groups in total. The molecule has 0 amide bonds. The maximum Gasteiger partial charge on any atom is 0.119 e. The van der Waals surface area contributed by atoms with E-state index < -0.39 is 0 Å². The molecule has 0 aliphatic heterocycles. The van der Waals surface area contributed by atoms with Gasteiger partial charge in [-0.3, -0.25) is 0 Å². The third-order valence-electron chi connectivity index (χ3n) is 2.66. The number of benzene rings is 1. The van der Waals surface area contributed by atoms with Crippen LogP contribution in [0.25, 0.3) is 0 Å². The molecular weight excluding hydrogens is 244 g/mol. The zero-order valence-corrected chi connectivity index (χ0v) is 11.5. The number of rotatable bonds is 5. The molecule has 1 aromatic carbocycles. The van der Waals surface area contributed by atoms with Crippen LogP contribution < -0.4 is 10.5 Å². The second-order valence-electron chi connectivity index (χ2n) is 4.18. The van der Waals surface area contributed by atoms with E-state index in [1.165, 1.54) is 0 Å². The van der Waals surface area contributed by atoms with E-state index in [0.717, 1.165) is 34.2 Å². The average molecular weight is 262 g/mol. The van der Waals surface area contributed by atoms with Gasteiger partial charge in [-0.2, -0.15) is 0 Å². The van der Waals surface area contributed by atoms with E-state index in [-0.39, 0.29) is 6.04 Å². The molecule has 3 nitrogen and oxygen atoms in total. The van der Waals surface area contributed by atoms with E-state index in [4.69, 9.17) is 10.5 Å². The van der Waals surface area contributed by atoms with Crippen molar-refractivity contribution in [2.75, 3.05) is 6.61 Å². The van der Waals surface area contributed by atoms with Crippen molar-refractivity contribution >= 4 is 11.3 Å². The van der Waals surface area contributed by atoms with Crippen LogP contribution in [0.4, 0.5) is 0 Å². The third kappa shape index (κ3) is 3.09. The quantitative estimate of drug-likeness (QED) is 0.899. The van der Waals surface area contributed by atoms with Crippen LogP contribution in [0.3, 0.4) is 0 Å². The SMILES string of the molecule is CCCOc1ccc(C(N)c2cnc(C)s2)cc1. The lowest BCUT2D eigenvalue weighted by atomic mass is 10.1. The highest BCUT2D eigenvalue weighted by Gasteiger charge is 2.11. The topological polar surface area (TPSA) is 48.1 Å². The van der Waals surface area contributed by atoms with E-state index in [9.17, 15) is 0 Å². The smallest absolute Gasteiger partial charge is 0.119 e. The van der Waals surface area contributed by atoms with Crippen molar-refractivity contribution in [1.82, 2.24) is 4.98 Å². The molecule has 0 aliphatic rings. The minimum absolute atomic E-state index is 0.101. The maximum absolute atomic E-state index is 6.21. The molecule has 0 spiro atoms. The fourth-order valence-electron chi connectivity index (χ4n) is 1.68. The van der Waals surface area contributed by atoms with Crippen molar-refractivity contribution in [2.24, 2.45) is 5.73 Å². The summed E-state index contributed by atoms with van der Waals surface area (Å²) in [6, 6.07) is 7.88. The fraction of sp³-hybridized carbons (Fsp3) is 0.357. The van der Waals surface area contributed by atoms with E-state index >= 15 is 0 Å². The monoisotopic (exact) mass is 262 g/mol. The Labute approximate surface area is 112 Å². The van der Waals surface area contributed by atoms with Gasteiger partial charge in [0.25, 0.3) is 0 Å². The van der Waals surface area contributed by atoms with Gasteiger partial charge in [-0.1, -0.05) is 19.1 Å². The number of nitrogens with two attached hydrogens (primary N) is 1. The van der Waals surface area contributed by atoms with Gasteiger partial charge >= 0.3 is 0 Å². The van der Waals surface area contributed by atoms with Crippen molar-refractivity contribution in [2.45, 2.75) is 26.3 Å². The summed E-state index contributed by atoms with van der Waals surface area (Å²) in [5, 5.41) is 1.04. The second kappa shape index (κ2) is 5.98. The zero-order chi connectivity index (χ0) is 13.0. The van der Waals surface area contributed by atoms with Crippen molar-refractivity contribution in [3.8, 4) is 5.75 Å². The zero-order valence-electron chi connectivity index (χ0n) is 10.7. The van der Waals surface area contributed by atoms with Gasteiger partial charge in [0.1, 0.15) is 5.75 Å². The Morgan fingerprint density at radius 2 is 2.06 bits per heavy atom. The van der Waals surface area contributed by atoms with Gasteiger partial charge in [-0.25, -0.2) is 4.98 Å². The minimum Gasteiger partial charge on any atom is -0.494 e. The highest BCUT2D eigenvalue weighted by atomic mass is 32.1. The largest absolute Gasteiger partial charge is 0.494 e. The number of ether oxygens (including phenoxy) is 1. The lowest BCUT2D eigenvalue weighted by Crippen LogP contribution is -2.10. The summed E-state index contributed by atoms with van der Waals surface area (Å²) >= 11 is 1.64. The summed E-state index contributed by atoms with van der Waals surface area (Å²) in [5.41, 5.74) is 7.30. The highest BCUT2D eigenvalue weighted by molar-refractivity contribution is 7.11. The van der Waals surface area contributed by atoms with E-state index in [2.05, 4.69) is 11.9 Å².